The molecule has 0 aromatic carbocycles. The molecule has 0 aromatic heterocycles. The van der Waals surface area contributed by atoms with Crippen LogP contribution in [-0.4, -0.2) is 13.1 Å². The number of ether oxygens (including phenoxy) is 1. The Morgan fingerprint density at radius 1 is 0.759 bits per heavy atom. The first-order valence-electron chi connectivity index (χ1n) is 12.5. The zero-order chi connectivity index (χ0) is 22.0. The molecule has 0 spiro atoms. The Balaban J connectivity index is 3.31. The summed E-state index contributed by atoms with van der Waals surface area (Å²) in [4.78, 5) is 11.4. The lowest BCUT2D eigenvalue weighted by Crippen LogP contribution is -2.03. The van der Waals surface area contributed by atoms with E-state index in [4.69, 9.17) is 4.74 Å². The third kappa shape index (κ3) is 20.3. The van der Waals surface area contributed by atoms with Crippen molar-refractivity contribution in [2.24, 2.45) is 11.3 Å². The average Bonchev–Trinajstić information content (AvgIpc) is 2.65. The summed E-state index contributed by atoms with van der Waals surface area (Å²) in [5.41, 5.74) is 1.25. The van der Waals surface area contributed by atoms with E-state index in [0.717, 1.165) is 5.57 Å². The van der Waals surface area contributed by atoms with E-state index >= 15 is 0 Å². The first kappa shape index (κ1) is 28.2. The molecule has 2 nitrogen and oxygen atoms in total. The number of hydrogen-bond donors (Lipinski definition) is 0. The van der Waals surface area contributed by atoms with Gasteiger partial charge in [-0.1, -0.05) is 124 Å². The van der Waals surface area contributed by atoms with Crippen molar-refractivity contribution in [3.05, 3.63) is 11.6 Å². The van der Waals surface area contributed by atoms with E-state index in [0.29, 0.717) is 11.3 Å². The Hall–Kier alpha value is -0.790. The SMILES string of the molecule is COC(=O)/C(C)=C/[C@@H](C)CCCCCCCCCCCCCCCCC(C)(C)C. The summed E-state index contributed by atoms with van der Waals surface area (Å²) in [7, 11) is 1.44. The van der Waals surface area contributed by atoms with Crippen LogP contribution in [0.2, 0.25) is 0 Å². The van der Waals surface area contributed by atoms with Gasteiger partial charge in [0.2, 0.25) is 0 Å². The number of allylic oxidation sites excluding steroid dienone is 1. The maximum Gasteiger partial charge on any atom is 0.333 e. The molecule has 172 valence electrons. The molecule has 2 heteroatoms. The quantitative estimate of drug-likeness (QED) is 0.128. The second-order valence-corrected chi connectivity index (χ2v) is 10.4. The van der Waals surface area contributed by atoms with E-state index in [1.807, 2.05) is 6.92 Å². The third-order valence-corrected chi connectivity index (χ3v) is 5.88. The molecule has 0 saturated carbocycles. The van der Waals surface area contributed by atoms with Gasteiger partial charge in [-0.15, -0.1) is 0 Å². The van der Waals surface area contributed by atoms with Crippen molar-refractivity contribution in [2.75, 3.05) is 7.11 Å². The number of methoxy groups -OCH3 is 1. The molecule has 0 N–H and O–H groups in total. The van der Waals surface area contributed by atoms with Crippen LogP contribution in [0.4, 0.5) is 0 Å². The summed E-state index contributed by atoms with van der Waals surface area (Å²) >= 11 is 0. The number of carbonyl (C=O) groups excluding carboxylic acids is 1. The standard InChI is InChI=1S/C27H52O2/c1-24(23-25(2)26(28)29-6)21-19-17-15-13-11-9-7-8-10-12-14-16-18-20-22-27(3,4)5/h23-24H,7-22H2,1-6H3/b25-23+/t24-/m0/s1. The van der Waals surface area contributed by atoms with Gasteiger partial charge in [0, 0.05) is 5.57 Å². The van der Waals surface area contributed by atoms with Gasteiger partial charge in [0.25, 0.3) is 0 Å². The molecule has 0 saturated heterocycles. The number of unbranched alkanes of at least 4 members (excludes halogenated alkanes) is 13. The molecule has 0 unspecified atom stereocenters. The summed E-state index contributed by atoms with van der Waals surface area (Å²) in [6, 6.07) is 0. The lowest BCUT2D eigenvalue weighted by molar-refractivity contribution is -0.136. The third-order valence-electron chi connectivity index (χ3n) is 5.88. The van der Waals surface area contributed by atoms with Crippen LogP contribution in [0.1, 0.15) is 137 Å². The lowest BCUT2D eigenvalue weighted by atomic mass is 9.89. The molecular formula is C27H52O2. The van der Waals surface area contributed by atoms with Crippen molar-refractivity contribution in [3.8, 4) is 0 Å². The molecular weight excluding hydrogens is 356 g/mol. The van der Waals surface area contributed by atoms with E-state index < -0.39 is 0 Å². The minimum absolute atomic E-state index is 0.201. The fourth-order valence-corrected chi connectivity index (χ4v) is 3.98. The highest BCUT2D eigenvalue weighted by Crippen LogP contribution is 2.22. The summed E-state index contributed by atoms with van der Waals surface area (Å²) < 4.78 is 4.75. The first-order chi connectivity index (χ1) is 13.8. The Labute approximate surface area is 183 Å². The first-order valence-corrected chi connectivity index (χ1v) is 12.5. The summed E-state index contributed by atoms with van der Waals surface area (Å²) in [5.74, 6) is 0.264. The van der Waals surface area contributed by atoms with Crippen LogP contribution in [0, 0.1) is 11.3 Å². The summed E-state index contributed by atoms with van der Waals surface area (Å²) in [6.45, 7) is 11.1. The average molecular weight is 409 g/mol. The van der Waals surface area contributed by atoms with Gasteiger partial charge in [-0.25, -0.2) is 4.79 Å². The smallest absolute Gasteiger partial charge is 0.333 e. The largest absolute Gasteiger partial charge is 0.466 e. The normalized spacial score (nSPS) is 13.5. The second kappa shape index (κ2) is 18.0. The Kier molecular flexibility index (Phi) is 17.5. The minimum atomic E-state index is -0.201. The van der Waals surface area contributed by atoms with Gasteiger partial charge in [-0.05, 0) is 31.1 Å². The zero-order valence-corrected chi connectivity index (χ0v) is 20.8. The second-order valence-electron chi connectivity index (χ2n) is 10.4. The number of esters is 1. The van der Waals surface area contributed by atoms with Crippen LogP contribution < -0.4 is 0 Å². The summed E-state index contributed by atoms with van der Waals surface area (Å²) in [5, 5.41) is 0. The Morgan fingerprint density at radius 3 is 1.52 bits per heavy atom. The van der Waals surface area contributed by atoms with Gasteiger partial charge in [0.15, 0.2) is 0 Å². The molecule has 0 fully saturated rings. The van der Waals surface area contributed by atoms with Crippen molar-refractivity contribution in [3.63, 3.8) is 0 Å². The van der Waals surface area contributed by atoms with Crippen molar-refractivity contribution in [1.29, 1.82) is 0 Å². The minimum Gasteiger partial charge on any atom is -0.466 e. The fourth-order valence-electron chi connectivity index (χ4n) is 3.98. The predicted octanol–water partition coefficient (Wildman–Crippen LogP) is 9.03. The van der Waals surface area contributed by atoms with E-state index in [1.165, 1.54) is 110 Å². The van der Waals surface area contributed by atoms with Crippen LogP contribution in [0.25, 0.3) is 0 Å². The highest BCUT2D eigenvalue weighted by Gasteiger charge is 2.08. The van der Waals surface area contributed by atoms with Crippen LogP contribution in [0.3, 0.4) is 0 Å². The molecule has 1 atom stereocenters. The molecule has 0 heterocycles. The van der Waals surface area contributed by atoms with Crippen LogP contribution >= 0.6 is 0 Å². The Morgan fingerprint density at radius 2 is 1.14 bits per heavy atom. The van der Waals surface area contributed by atoms with E-state index in [9.17, 15) is 4.79 Å². The monoisotopic (exact) mass is 408 g/mol. The van der Waals surface area contributed by atoms with Crippen LogP contribution in [-0.2, 0) is 9.53 Å². The topological polar surface area (TPSA) is 26.3 Å². The van der Waals surface area contributed by atoms with E-state index in [2.05, 4.69) is 33.8 Å². The number of rotatable bonds is 18. The van der Waals surface area contributed by atoms with Gasteiger partial charge in [-0.2, -0.15) is 0 Å². The highest BCUT2D eigenvalue weighted by molar-refractivity contribution is 5.87. The zero-order valence-electron chi connectivity index (χ0n) is 20.8. The predicted molar refractivity (Wildman–Crippen MR) is 128 cm³/mol. The van der Waals surface area contributed by atoms with E-state index in [1.54, 1.807) is 0 Å². The number of hydrogen-bond acceptors (Lipinski definition) is 2. The van der Waals surface area contributed by atoms with Crippen molar-refractivity contribution in [1.82, 2.24) is 0 Å². The molecule has 0 aromatic rings. The van der Waals surface area contributed by atoms with Gasteiger partial charge >= 0.3 is 5.97 Å². The fraction of sp³-hybridized carbons (Fsp3) is 0.889. The van der Waals surface area contributed by atoms with E-state index in [-0.39, 0.29) is 5.97 Å². The highest BCUT2D eigenvalue weighted by atomic mass is 16.5. The molecule has 29 heavy (non-hydrogen) atoms. The molecule has 0 bridgehead atoms. The lowest BCUT2D eigenvalue weighted by Gasteiger charge is -2.17. The molecule has 0 amide bonds. The van der Waals surface area contributed by atoms with Crippen molar-refractivity contribution < 1.29 is 9.53 Å². The van der Waals surface area contributed by atoms with Gasteiger partial charge in [0.1, 0.15) is 0 Å². The van der Waals surface area contributed by atoms with Crippen molar-refractivity contribution >= 4 is 5.97 Å². The van der Waals surface area contributed by atoms with Crippen LogP contribution in [0.5, 0.6) is 0 Å². The maximum absolute atomic E-state index is 11.4. The molecule has 0 aliphatic heterocycles. The van der Waals surface area contributed by atoms with Gasteiger partial charge < -0.3 is 4.74 Å². The Bertz CT molecular complexity index is 417. The van der Waals surface area contributed by atoms with Crippen LogP contribution in [0.15, 0.2) is 11.6 Å². The molecule has 0 aliphatic carbocycles. The van der Waals surface area contributed by atoms with Gasteiger partial charge in [0.05, 0.1) is 7.11 Å². The van der Waals surface area contributed by atoms with Crippen molar-refractivity contribution in [2.45, 2.75) is 137 Å². The van der Waals surface area contributed by atoms with Gasteiger partial charge in [-0.3, -0.25) is 0 Å². The maximum atomic E-state index is 11.4. The molecule has 0 rings (SSSR count). The molecule has 0 radical (unpaired) electrons. The summed E-state index contributed by atoms with van der Waals surface area (Å²) in [6.07, 6.45) is 24.2. The number of carbonyl (C=O) groups is 1. The molecule has 0 aliphatic rings.